The molecule has 2 aliphatic rings. The summed E-state index contributed by atoms with van der Waals surface area (Å²) in [5.74, 6) is 0.816. The summed E-state index contributed by atoms with van der Waals surface area (Å²) < 4.78 is 0. The van der Waals surface area contributed by atoms with Gasteiger partial charge in [0.2, 0.25) is 11.9 Å². The average molecular weight is 336 g/mol. The van der Waals surface area contributed by atoms with Crippen LogP contribution in [0.4, 0.5) is 11.6 Å². The Balaban J connectivity index is 1.43. The number of anilines is 2. The Kier molecular flexibility index (Phi) is 4.38. The zero-order valence-electron chi connectivity index (χ0n) is 14.7. The molecule has 5 heteroatoms. The van der Waals surface area contributed by atoms with Gasteiger partial charge in [-0.25, -0.2) is 9.97 Å². The second-order valence-corrected chi connectivity index (χ2v) is 7.11. The summed E-state index contributed by atoms with van der Waals surface area (Å²) in [6.45, 7) is 3.56. The SMILES string of the molecule is Cc1ccnc(N2CCCC(C(=O)Nc3ccc4c(c3)CCC4)C2)n1. The van der Waals surface area contributed by atoms with Gasteiger partial charge in [0, 0.05) is 30.7 Å². The Morgan fingerprint density at radius 3 is 2.96 bits per heavy atom. The van der Waals surface area contributed by atoms with Gasteiger partial charge in [0.05, 0.1) is 5.92 Å². The lowest BCUT2D eigenvalue weighted by Gasteiger charge is -2.32. The maximum absolute atomic E-state index is 12.7. The Morgan fingerprint density at radius 2 is 2.08 bits per heavy atom. The number of rotatable bonds is 3. The minimum atomic E-state index is -0.0221. The van der Waals surface area contributed by atoms with Gasteiger partial charge in [-0.3, -0.25) is 4.79 Å². The normalized spacial score (nSPS) is 19.6. The molecule has 0 radical (unpaired) electrons. The molecule has 1 N–H and O–H groups in total. The number of piperidine rings is 1. The van der Waals surface area contributed by atoms with E-state index in [1.165, 1.54) is 17.5 Å². The summed E-state index contributed by atoms with van der Waals surface area (Å²) in [4.78, 5) is 23.7. The van der Waals surface area contributed by atoms with Crippen molar-refractivity contribution >= 4 is 17.5 Å². The van der Waals surface area contributed by atoms with Crippen molar-refractivity contribution in [2.45, 2.75) is 39.0 Å². The van der Waals surface area contributed by atoms with Crippen LogP contribution >= 0.6 is 0 Å². The van der Waals surface area contributed by atoms with Crippen LogP contribution in [0.15, 0.2) is 30.5 Å². The quantitative estimate of drug-likeness (QED) is 0.935. The molecular weight excluding hydrogens is 312 g/mol. The zero-order valence-corrected chi connectivity index (χ0v) is 14.7. The maximum Gasteiger partial charge on any atom is 0.229 e. The molecule has 1 amide bonds. The number of amides is 1. The van der Waals surface area contributed by atoms with E-state index in [1.54, 1.807) is 6.20 Å². The van der Waals surface area contributed by atoms with Crippen molar-refractivity contribution in [3.8, 4) is 0 Å². The molecule has 130 valence electrons. The van der Waals surface area contributed by atoms with Gasteiger partial charge in [0.15, 0.2) is 0 Å². The molecule has 0 saturated carbocycles. The van der Waals surface area contributed by atoms with E-state index in [9.17, 15) is 4.79 Å². The van der Waals surface area contributed by atoms with Gasteiger partial charge < -0.3 is 10.2 Å². The first-order valence-corrected chi connectivity index (χ1v) is 9.16. The number of aromatic nitrogens is 2. The molecule has 1 fully saturated rings. The van der Waals surface area contributed by atoms with Crippen LogP contribution < -0.4 is 10.2 Å². The van der Waals surface area contributed by atoms with Crippen LogP contribution in [0.3, 0.4) is 0 Å². The van der Waals surface area contributed by atoms with Crippen LogP contribution in [0.2, 0.25) is 0 Å². The van der Waals surface area contributed by atoms with E-state index in [-0.39, 0.29) is 11.8 Å². The van der Waals surface area contributed by atoms with Gasteiger partial charge in [-0.2, -0.15) is 0 Å². The number of hydrogen-bond acceptors (Lipinski definition) is 4. The summed E-state index contributed by atoms with van der Waals surface area (Å²) in [5.41, 5.74) is 4.69. The molecule has 25 heavy (non-hydrogen) atoms. The second kappa shape index (κ2) is 6.82. The second-order valence-electron chi connectivity index (χ2n) is 7.11. The first-order chi connectivity index (χ1) is 12.2. The molecule has 2 aromatic rings. The van der Waals surface area contributed by atoms with Gasteiger partial charge in [0.25, 0.3) is 0 Å². The monoisotopic (exact) mass is 336 g/mol. The largest absolute Gasteiger partial charge is 0.340 e. The van der Waals surface area contributed by atoms with Crippen molar-refractivity contribution < 1.29 is 4.79 Å². The smallest absolute Gasteiger partial charge is 0.229 e. The number of benzene rings is 1. The molecule has 1 aliphatic carbocycles. The van der Waals surface area contributed by atoms with Gasteiger partial charge in [-0.15, -0.1) is 0 Å². The molecule has 1 aromatic carbocycles. The lowest BCUT2D eigenvalue weighted by atomic mass is 9.97. The molecule has 5 nitrogen and oxygen atoms in total. The molecular formula is C20H24N4O. The fourth-order valence-electron chi connectivity index (χ4n) is 3.85. The van der Waals surface area contributed by atoms with Crippen LogP contribution in [0.25, 0.3) is 0 Å². The fourth-order valence-corrected chi connectivity index (χ4v) is 3.85. The number of nitrogens with zero attached hydrogens (tertiary/aromatic N) is 3. The third-order valence-corrected chi connectivity index (χ3v) is 5.22. The fraction of sp³-hybridized carbons (Fsp3) is 0.450. The highest BCUT2D eigenvalue weighted by molar-refractivity contribution is 5.93. The van der Waals surface area contributed by atoms with Gasteiger partial charge >= 0.3 is 0 Å². The highest BCUT2D eigenvalue weighted by Gasteiger charge is 2.27. The Hall–Kier alpha value is -2.43. The minimum absolute atomic E-state index is 0.0221. The summed E-state index contributed by atoms with van der Waals surface area (Å²) in [7, 11) is 0. The van der Waals surface area contributed by atoms with Crippen LogP contribution in [0.1, 0.15) is 36.1 Å². The van der Waals surface area contributed by atoms with E-state index in [0.717, 1.165) is 49.6 Å². The lowest BCUT2D eigenvalue weighted by Crippen LogP contribution is -2.41. The van der Waals surface area contributed by atoms with E-state index < -0.39 is 0 Å². The third-order valence-electron chi connectivity index (χ3n) is 5.22. The van der Waals surface area contributed by atoms with Crippen LogP contribution in [0, 0.1) is 12.8 Å². The lowest BCUT2D eigenvalue weighted by molar-refractivity contribution is -0.120. The topological polar surface area (TPSA) is 58.1 Å². The van der Waals surface area contributed by atoms with Crippen LogP contribution in [-0.4, -0.2) is 29.0 Å². The Labute approximate surface area is 148 Å². The van der Waals surface area contributed by atoms with E-state index in [0.29, 0.717) is 6.54 Å². The summed E-state index contributed by atoms with van der Waals surface area (Å²) in [6, 6.07) is 8.23. The first kappa shape index (κ1) is 16.1. The van der Waals surface area contributed by atoms with Crippen molar-refractivity contribution in [2.75, 3.05) is 23.3 Å². The van der Waals surface area contributed by atoms with E-state index in [1.807, 2.05) is 19.1 Å². The number of fused-ring (bicyclic) bond motifs is 1. The predicted octanol–water partition coefficient (Wildman–Crippen LogP) is 3.13. The minimum Gasteiger partial charge on any atom is -0.340 e. The van der Waals surface area contributed by atoms with Crippen LogP contribution in [0.5, 0.6) is 0 Å². The van der Waals surface area contributed by atoms with Crippen molar-refractivity contribution in [3.05, 3.63) is 47.3 Å². The zero-order chi connectivity index (χ0) is 17.2. The molecule has 2 heterocycles. The Morgan fingerprint density at radius 1 is 1.20 bits per heavy atom. The molecule has 0 spiro atoms. The molecule has 1 unspecified atom stereocenters. The summed E-state index contributed by atoms with van der Waals surface area (Å²) >= 11 is 0. The number of hydrogen-bond donors (Lipinski definition) is 1. The number of carbonyl (C=O) groups is 1. The molecule has 1 aliphatic heterocycles. The molecule has 0 bridgehead atoms. The van der Waals surface area contributed by atoms with E-state index in [4.69, 9.17) is 0 Å². The maximum atomic E-state index is 12.7. The Bertz CT molecular complexity index is 789. The van der Waals surface area contributed by atoms with E-state index in [2.05, 4.69) is 32.3 Å². The van der Waals surface area contributed by atoms with Gasteiger partial charge in [-0.05, 0) is 68.4 Å². The molecule has 1 saturated heterocycles. The molecule has 1 atom stereocenters. The van der Waals surface area contributed by atoms with Gasteiger partial charge in [-0.1, -0.05) is 6.07 Å². The van der Waals surface area contributed by atoms with Crippen molar-refractivity contribution in [1.29, 1.82) is 0 Å². The first-order valence-electron chi connectivity index (χ1n) is 9.16. The predicted molar refractivity (Wildman–Crippen MR) is 98.8 cm³/mol. The highest BCUT2D eigenvalue weighted by atomic mass is 16.1. The molecule has 1 aromatic heterocycles. The summed E-state index contributed by atoms with van der Waals surface area (Å²) in [6.07, 6.45) is 7.20. The summed E-state index contributed by atoms with van der Waals surface area (Å²) in [5, 5.41) is 3.12. The third kappa shape index (κ3) is 3.50. The van der Waals surface area contributed by atoms with Gasteiger partial charge in [0.1, 0.15) is 0 Å². The highest BCUT2D eigenvalue weighted by Crippen LogP contribution is 2.26. The standard InChI is InChI=1S/C20H24N4O/c1-14-9-10-21-20(22-14)24-11-3-6-17(13-24)19(25)23-18-8-7-15-4-2-5-16(15)12-18/h7-10,12,17H,2-6,11,13H2,1H3,(H,23,25). The van der Waals surface area contributed by atoms with Crippen molar-refractivity contribution in [2.24, 2.45) is 5.92 Å². The number of nitrogens with one attached hydrogen (secondary N) is 1. The number of carbonyl (C=O) groups excluding carboxylic acids is 1. The molecule has 4 rings (SSSR count). The van der Waals surface area contributed by atoms with E-state index >= 15 is 0 Å². The van der Waals surface area contributed by atoms with Crippen molar-refractivity contribution in [1.82, 2.24) is 9.97 Å². The number of aryl methyl sites for hydroxylation is 3. The van der Waals surface area contributed by atoms with Crippen LogP contribution in [-0.2, 0) is 17.6 Å². The average Bonchev–Trinajstić information content (AvgIpc) is 3.09. The van der Waals surface area contributed by atoms with Crippen molar-refractivity contribution in [3.63, 3.8) is 0 Å².